The summed E-state index contributed by atoms with van der Waals surface area (Å²) in [6, 6.07) is 15.3. The van der Waals surface area contributed by atoms with Gasteiger partial charge in [-0.25, -0.2) is 0 Å². The number of benzene rings is 2. The van der Waals surface area contributed by atoms with Crippen molar-refractivity contribution in [3.8, 4) is 5.75 Å². The van der Waals surface area contributed by atoms with Crippen LogP contribution < -0.4 is 4.74 Å². The van der Waals surface area contributed by atoms with Gasteiger partial charge in [-0.15, -0.1) is 6.58 Å². The first-order chi connectivity index (χ1) is 12.4. The molecule has 2 rings (SSSR count). The van der Waals surface area contributed by atoms with Crippen LogP contribution in [0, 0.1) is 0 Å². The SMILES string of the molecule is C=CCN(C)CC=CCOc1ccc([C@](C)(O)c2ccc(Br)cc2)cc1. The summed E-state index contributed by atoms with van der Waals surface area (Å²) >= 11 is 3.42. The van der Waals surface area contributed by atoms with E-state index in [1.165, 1.54) is 0 Å². The van der Waals surface area contributed by atoms with E-state index in [2.05, 4.69) is 33.5 Å². The molecule has 0 saturated heterocycles. The summed E-state index contributed by atoms with van der Waals surface area (Å²) in [5.74, 6) is 0.782. The van der Waals surface area contributed by atoms with E-state index < -0.39 is 5.60 Å². The minimum absolute atomic E-state index is 0.518. The van der Waals surface area contributed by atoms with Crippen molar-refractivity contribution in [2.45, 2.75) is 12.5 Å². The molecule has 0 bridgehead atoms. The molecule has 0 unspecified atom stereocenters. The number of likely N-dealkylation sites (N-methyl/N-ethyl adjacent to an activating group) is 1. The summed E-state index contributed by atoms with van der Waals surface area (Å²) in [4.78, 5) is 2.16. The largest absolute Gasteiger partial charge is 0.490 e. The molecule has 0 spiro atoms. The summed E-state index contributed by atoms with van der Waals surface area (Å²) in [6.45, 7) is 7.77. The van der Waals surface area contributed by atoms with E-state index in [1.54, 1.807) is 6.92 Å². The second kappa shape index (κ2) is 9.72. The van der Waals surface area contributed by atoms with Crippen LogP contribution in [-0.4, -0.2) is 36.8 Å². The molecule has 1 atom stereocenters. The van der Waals surface area contributed by atoms with Crippen LogP contribution >= 0.6 is 15.9 Å². The Hall–Kier alpha value is -1.88. The van der Waals surface area contributed by atoms with Gasteiger partial charge in [0.2, 0.25) is 0 Å². The Labute approximate surface area is 164 Å². The molecule has 0 radical (unpaired) electrons. The average Bonchev–Trinajstić information content (AvgIpc) is 2.62. The van der Waals surface area contributed by atoms with Crippen LogP contribution in [0.25, 0.3) is 0 Å². The zero-order valence-corrected chi connectivity index (χ0v) is 16.9. The molecular formula is C22H26BrNO2. The Kier molecular flexibility index (Phi) is 7.64. The van der Waals surface area contributed by atoms with Gasteiger partial charge in [-0.2, -0.15) is 0 Å². The van der Waals surface area contributed by atoms with Crippen LogP contribution in [0.2, 0.25) is 0 Å². The fraction of sp³-hybridized carbons (Fsp3) is 0.273. The smallest absolute Gasteiger partial charge is 0.119 e. The van der Waals surface area contributed by atoms with Crippen LogP contribution in [0.5, 0.6) is 5.75 Å². The highest BCUT2D eigenvalue weighted by atomic mass is 79.9. The minimum Gasteiger partial charge on any atom is -0.490 e. The first-order valence-corrected chi connectivity index (χ1v) is 9.39. The highest BCUT2D eigenvalue weighted by Gasteiger charge is 2.25. The second-order valence-electron chi connectivity index (χ2n) is 6.40. The monoisotopic (exact) mass is 415 g/mol. The lowest BCUT2D eigenvalue weighted by molar-refractivity contribution is 0.102. The predicted octanol–water partition coefficient (Wildman–Crippen LogP) is 4.76. The Morgan fingerprint density at radius 1 is 1.04 bits per heavy atom. The summed E-state index contributed by atoms with van der Waals surface area (Å²) in [6.07, 6.45) is 5.97. The fourth-order valence-corrected chi connectivity index (χ4v) is 2.84. The number of halogens is 1. The van der Waals surface area contributed by atoms with Crippen molar-refractivity contribution >= 4 is 15.9 Å². The minimum atomic E-state index is -1.05. The van der Waals surface area contributed by atoms with E-state index in [9.17, 15) is 5.11 Å². The van der Waals surface area contributed by atoms with Gasteiger partial charge in [0, 0.05) is 17.6 Å². The van der Waals surface area contributed by atoms with Crippen molar-refractivity contribution in [3.05, 3.63) is 88.9 Å². The maximum atomic E-state index is 10.9. The first-order valence-electron chi connectivity index (χ1n) is 8.59. The topological polar surface area (TPSA) is 32.7 Å². The van der Waals surface area contributed by atoms with Gasteiger partial charge in [0.1, 0.15) is 18.0 Å². The van der Waals surface area contributed by atoms with Gasteiger partial charge in [0.25, 0.3) is 0 Å². The third kappa shape index (κ3) is 5.84. The third-order valence-corrected chi connectivity index (χ3v) is 4.72. The van der Waals surface area contributed by atoms with Gasteiger partial charge in [0.15, 0.2) is 0 Å². The van der Waals surface area contributed by atoms with Crippen molar-refractivity contribution < 1.29 is 9.84 Å². The van der Waals surface area contributed by atoms with E-state index >= 15 is 0 Å². The third-order valence-electron chi connectivity index (χ3n) is 4.19. The van der Waals surface area contributed by atoms with Gasteiger partial charge < -0.3 is 9.84 Å². The molecule has 26 heavy (non-hydrogen) atoms. The lowest BCUT2D eigenvalue weighted by atomic mass is 9.88. The Morgan fingerprint density at radius 3 is 2.19 bits per heavy atom. The van der Waals surface area contributed by atoms with Crippen LogP contribution in [0.1, 0.15) is 18.1 Å². The van der Waals surface area contributed by atoms with Crippen molar-refractivity contribution in [1.29, 1.82) is 0 Å². The molecule has 0 heterocycles. The number of ether oxygens (including phenoxy) is 1. The first kappa shape index (κ1) is 20.4. The van der Waals surface area contributed by atoms with Crippen molar-refractivity contribution in [2.24, 2.45) is 0 Å². The second-order valence-corrected chi connectivity index (χ2v) is 7.31. The molecule has 1 N–H and O–H groups in total. The molecule has 3 nitrogen and oxygen atoms in total. The number of nitrogens with zero attached hydrogens (tertiary/aromatic N) is 1. The molecule has 4 heteroatoms. The van der Waals surface area contributed by atoms with Gasteiger partial charge in [-0.3, -0.25) is 4.90 Å². The maximum absolute atomic E-state index is 10.9. The summed E-state index contributed by atoms with van der Waals surface area (Å²) in [5, 5.41) is 10.9. The number of rotatable bonds is 9. The van der Waals surface area contributed by atoms with Crippen LogP contribution in [-0.2, 0) is 5.60 Å². The van der Waals surface area contributed by atoms with Crippen LogP contribution in [0.15, 0.2) is 77.8 Å². The molecule has 2 aromatic rings. The summed E-state index contributed by atoms with van der Waals surface area (Å²) in [7, 11) is 2.04. The fourth-order valence-electron chi connectivity index (χ4n) is 2.58. The summed E-state index contributed by atoms with van der Waals surface area (Å²) in [5.41, 5.74) is 0.629. The molecule has 0 amide bonds. The quantitative estimate of drug-likeness (QED) is 0.599. The van der Waals surface area contributed by atoms with Gasteiger partial charge >= 0.3 is 0 Å². The molecule has 0 saturated carbocycles. The molecule has 0 aromatic heterocycles. The molecule has 0 aliphatic carbocycles. The van der Waals surface area contributed by atoms with Gasteiger partial charge in [-0.05, 0) is 49.4 Å². The Bertz CT molecular complexity index is 721. The highest BCUT2D eigenvalue weighted by molar-refractivity contribution is 9.10. The zero-order chi connectivity index (χ0) is 19.0. The molecule has 0 fully saturated rings. The normalized spacial score (nSPS) is 13.7. The molecular weight excluding hydrogens is 390 g/mol. The predicted molar refractivity (Wildman–Crippen MR) is 112 cm³/mol. The number of hydrogen-bond donors (Lipinski definition) is 1. The number of aliphatic hydroxyl groups is 1. The Balaban J connectivity index is 1.92. The Morgan fingerprint density at radius 2 is 1.62 bits per heavy atom. The van der Waals surface area contributed by atoms with Gasteiger partial charge in [0.05, 0.1) is 0 Å². The van der Waals surface area contributed by atoms with E-state index in [0.717, 1.165) is 34.4 Å². The lowest BCUT2D eigenvalue weighted by Crippen LogP contribution is -2.22. The summed E-state index contributed by atoms with van der Waals surface area (Å²) < 4.78 is 6.71. The molecule has 2 aromatic carbocycles. The molecule has 138 valence electrons. The standard InChI is InChI=1S/C22H26BrNO2/c1-4-15-24(3)16-5-6-17-26-21-13-9-19(10-14-21)22(2,25)18-7-11-20(23)12-8-18/h4-14,25H,1,15-17H2,2-3H3/t22-/m1/s1. The van der Waals surface area contributed by atoms with Crippen molar-refractivity contribution in [1.82, 2.24) is 4.90 Å². The van der Waals surface area contributed by atoms with Gasteiger partial charge in [-0.1, -0.05) is 58.4 Å². The van der Waals surface area contributed by atoms with Crippen molar-refractivity contribution in [2.75, 3.05) is 26.7 Å². The van der Waals surface area contributed by atoms with Crippen LogP contribution in [0.3, 0.4) is 0 Å². The number of hydrogen-bond acceptors (Lipinski definition) is 3. The molecule has 0 aliphatic heterocycles. The zero-order valence-electron chi connectivity index (χ0n) is 15.4. The van der Waals surface area contributed by atoms with E-state index in [4.69, 9.17) is 4.74 Å². The maximum Gasteiger partial charge on any atom is 0.119 e. The average molecular weight is 416 g/mol. The molecule has 0 aliphatic rings. The van der Waals surface area contributed by atoms with Crippen LogP contribution in [0.4, 0.5) is 0 Å². The van der Waals surface area contributed by atoms with E-state index in [0.29, 0.717) is 6.61 Å². The van der Waals surface area contributed by atoms with Crippen molar-refractivity contribution in [3.63, 3.8) is 0 Å². The highest BCUT2D eigenvalue weighted by Crippen LogP contribution is 2.31. The van der Waals surface area contributed by atoms with E-state index in [1.807, 2.05) is 67.7 Å². The van der Waals surface area contributed by atoms with E-state index in [-0.39, 0.29) is 0 Å². The lowest BCUT2D eigenvalue weighted by Gasteiger charge is -2.24.